The van der Waals surface area contributed by atoms with Crippen molar-refractivity contribution in [3.8, 4) is 0 Å². The molecule has 1 fully saturated rings. The first-order chi connectivity index (χ1) is 10.3. The van der Waals surface area contributed by atoms with E-state index in [-0.39, 0.29) is 0 Å². The van der Waals surface area contributed by atoms with E-state index >= 15 is 0 Å². The van der Waals surface area contributed by atoms with Crippen molar-refractivity contribution >= 4 is 5.78 Å². The van der Waals surface area contributed by atoms with Gasteiger partial charge in [-0.1, -0.05) is 0 Å². The van der Waals surface area contributed by atoms with E-state index in [1.165, 1.54) is 0 Å². The fourth-order valence-corrected chi connectivity index (χ4v) is 1.77. The van der Waals surface area contributed by atoms with Gasteiger partial charge in [-0.2, -0.15) is 0 Å². The van der Waals surface area contributed by atoms with Crippen LogP contribution in [0.4, 0.5) is 0 Å². The van der Waals surface area contributed by atoms with Gasteiger partial charge >= 0.3 is 0 Å². The van der Waals surface area contributed by atoms with Crippen LogP contribution in [0, 0.1) is 0 Å². The van der Waals surface area contributed by atoms with Crippen LogP contribution in [0.5, 0.6) is 0 Å². The lowest BCUT2D eigenvalue weighted by atomic mass is 9.99. The number of ether oxygens (including phenoxy) is 2. The number of ketones is 1. The SMILES string of the molecule is O=C(CO)C(O)C(O)C=CO[C@@H]1O[C@H](CO)[C@@H](O)[C@H](O)[C@H]1O. The molecule has 7 atom stereocenters. The van der Waals surface area contributed by atoms with Gasteiger partial charge in [0.1, 0.15) is 43.2 Å². The van der Waals surface area contributed by atoms with Crippen LogP contribution in [0.3, 0.4) is 0 Å². The average Bonchev–Trinajstić information content (AvgIpc) is 2.53. The lowest BCUT2D eigenvalue weighted by molar-refractivity contribution is -0.288. The number of carbonyl (C=O) groups excluding carboxylic acids is 1. The monoisotopic (exact) mass is 324 g/mol. The van der Waals surface area contributed by atoms with E-state index in [1.807, 2.05) is 0 Å². The number of Topliss-reactive ketones (excluding diaryl/α,β-unsaturated/α-hetero) is 1. The highest BCUT2D eigenvalue weighted by atomic mass is 16.7. The number of aliphatic hydroxyl groups excluding tert-OH is 7. The molecule has 10 heteroatoms. The first-order valence-electron chi connectivity index (χ1n) is 6.45. The summed E-state index contributed by atoms with van der Waals surface area (Å²) in [6.07, 6.45) is -9.19. The molecule has 128 valence electrons. The quantitative estimate of drug-likeness (QED) is 0.226. The van der Waals surface area contributed by atoms with Gasteiger partial charge < -0.3 is 45.2 Å². The van der Waals surface area contributed by atoms with E-state index in [0.29, 0.717) is 0 Å². The molecule has 1 aliphatic rings. The van der Waals surface area contributed by atoms with Crippen molar-refractivity contribution in [1.29, 1.82) is 0 Å². The first-order valence-corrected chi connectivity index (χ1v) is 6.45. The van der Waals surface area contributed by atoms with Crippen molar-refractivity contribution in [3.63, 3.8) is 0 Å². The summed E-state index contributed by atoms with van der Waals surface area (Å²) >= 11 is 0. The third-order valence-corrected chi connectivity index (χ3v) is 3.15. The normalized spacial score (nSPS) is 35.3. The number of aliphatic hydroxyl groups is 7. The van der Waals surface area contributed by atoms with Gasteiger partial charge in [0.05, 0.1) is 12.9 Å². The van der Waals surface area contributed by atoms with Gasteiger partial charge in [-0.3, -0.25) is 4.79 Å². The van der Waals surface area contributed by atoms with Gasteiger partial charge in [-0.15, -0.1) is 0 Å². The third-order valence-electron chi connectivity index (χ3n) is 3.15. The minimum Gasteiger partial charge on any atom is -0.470 e. The number of carbonyl (C=O) groups is 1. The van der Waals surface area contributed by atoms with Gasteiger partial charge in [-0.05, 0) is 6.08 Å². The summed E-state index contributed by atoms with van der Waals surface area (Å²) in [5.74, 6) is -0.995. The van der Waals surface area contributed by atoms with Gasteiger partial charge in [0, 0.05) is 0 Å². The molecule has 2 unspecified atom stereocenters. The Kier molecular flexibility index (Phi) is 7.32. The molecule has 0 aromatic rings. The molecule has 0 aromatic carbocycles. The minimum absolute atomic E-state index is 0.624. The summed E-state index contributed by atoms with van der Waals surface area (Å²) in [6.45, 7) is -1.57. The van der Waals surface area contributed by atoms with Crippen LogP contribution >= 0.6 is 0 Å². The van der Waals surface area contributed by atoms with E-state index in [4.69, 9.17) is 19.7 Å². The predicted molar refractivity (Wildman–Crippen MR) is 68.1 cm³/mol. The molecule has 0 aromatic heterocycles. The third kappa shape index (κ3) is 4.44. The lowest BCUT2D eigenvalue weighted by Crippen LogP contribution is -2.58. The van der Waals surface area contributed by atoms with Crippen LogP contribution in [0.2, 0.25) is 0 Å². The second kappa shape index (κ2) is 8.50. The van der Waals surface area contributed by atoms with E-state index < -0.39 is 61.9 Å². The highest BCUT2D eigenvalue weighted by Gasteiger charge is 2.44. The van der Waals surface area contributed by atoms with Gasteiger partial charge in [0.2, 0.25) is 6.29 Å². The minimum atomic E-state index is -1.85. The Balaban J connectivity index is 2.59. The second-order valence-corrected chi connectivity index (χ2v) is 4.72. The number of rotatable bonds is 7. The second-order valence-electron chi connectivity index (χ2n) is 4.72. The van der Waals surface area contributed by atoms with Crippen molar-refractivity contribution in [2.24, 2.45) is 0 Å². The summed E-state index contributed by atoms with van der Waals surface area (Å²) < 4.78 is 9.91. The van der Waals surface area contributed by atoms with Crippen LogP contribution in [-0.4, -0.2) is 97.7 Å². The summed E-state index contributed by atoms with van der Waals surface area (Å²) in [6, 6.07) is 0. The summed E-state index contributed by atoms with van der Waals surface area (Å²) in [7, 11) is 0. The summed E-state index contributed by atoms with van der Waals surface area (Å²) in [5.41, 5.74) is 0. The Labute approximate surface area is 125 Å². The summed E-state index contributed by atoms with van der Waals surface area (Å²) in [5, 5.41) is 64.9. The highest BCUT2D eigenvalue weighted by Crippen LogP contribution is 2.22. The van der Waals surface area contributed by atoms with E-state index in [0.717, 1.165) is 12.3 Å². The fraction of sp³-hybridized carbons (Fsp3) is 0.750. The molecule has 1 aliphatic heterocycles. The number of hydrogen-bond donors (Lipinski definition) is 7. The molecule has 0 bridgehead atoms. The average molecular weight is 324 g/mol. The predicted octanol–water partition coefficient (Wildman–Crippen LogP) is -4.40. The zero-order valence-electron chi connectivity index (χ0n) is 11.5. The molecule has 1 rings (SSSR count). The molecule has 0 radical (unpaired) electrons. The zero-order chi connectivity index (χ0) is 16.9. The maximum absolute atomic E-state index is 10.9. The Hall–Kier alpha value is -1.11. The maximum atomic E-state index is 10.9. The molecule has 0 spiro atoms. The largest absolute Gasteiger partial charge is 0.470 e. The molecule has 0 aliphatic carbocycles. The lowest BCUT2D eigenvalue weighted by Gasteiger charge is -2.39. The smallest absolute Gasteiger partial charge is 0.228 e. The van der Waals surface area contributed by atoms with Crippen LogP contribution < -0.4 is 0 Å². The van der Waals surface area contributed by atoms with Crippen molar-refractivity contribution in [3.05, 3.63) is 12.3 Å². The van der Waals surface area contributed by atoms with Crippen molar-refractivity contribution in [1.82, 2.24) is 0 Å². The molecule has 10 nitrogen and oxygen atoms in total. The fourth-order valence-electron chi connectivity index (χ4n) is 1.77. The van der Waals surface area contributed by atoms with Gasteiger partial charge in [0.15, 0.2) is 5.78 Å². The standard InChI is InChI=1S/C12H20O10/c13-3-6(16)8(17)5(15)1-2-21-12-11(20)10(19)9(18)7(4-14)22-12/h1-2,5,7-15,17-20H,3-4H2/t5?,7-,8?,9-,10+,11-,12-/m1/s1. The molecule has 0 saturated carbocycles. The Morgan fingerprint density at radius 2 is 1.77 bits per heavy atom. The van der Waals surface area contributed by atoms with Gasteiger partial charge in [-0.25, -0.2) is 0 Å². The Bertz CT molecular complexity index is 384. The maximum Gasteiger partial charge on any atom is 0.228 e. The van der Waals surface area contributed by atoms with E-state index in [9.17, 15) is 30.3 Å². The Morgan fingerprint density at radius 3 is 2.32 bits per heavy atom. The van der Waals surface area contributed by atoms with Crippen molar-refractivity contribution < 1.29 is 50.0 Å². The summed E-state index contributed by atoms with van der Waals surface area (Å²) in [4.78, 5) is 10.9. The van der Waals surface area contributed by atoms with Crippen LogP contribution in [-0.2, 0) is 14.3 Å². The molecule has 0 amide bonds. The van der Waals surface area contributed by atoms with Crippen molar-refractivity contribution in [2.45, 2.75) is 42.9 Å². The van der Waals surface area contributed by atoms with Crippen molar-refractivity contribution in [2.75, 3.05) is 13.2 Å². The topological polar surface area (TPSA) is 177 Å². The zero-order valence-corrected chi connectivity index (χ0v) is 11.5. The number of hydrogen-bond acceptors (Lipinski definition) is 10. The van der Waals surface area contributed by atoms with Gasteiger partial charge in [0.25, 0.3) is 0 Å². The van der Waals surface area contributed by atoms with Crippen LogP contribution in [0.15, 0.2) is 12.3 Å². The Morgan fingerprint density at radius 1 is 1.14 bits per heavy atom. The molecule has 1 saturated heterocycles. The van der Waals surface area contributed by atoms with Crippen LogP contribution in [0.1, 0.15) is 0 Å². The molecular weight excluding hydrogens is 304 g/mol. The first kappa shape index (κ1) is 18.9. The van der Waals surface area contributed by atoms with E-state index in [1.54, 1.807) is 0 Å². The molecular formula is C12H20O10. The van der Waals surface area contributed by atoms with Crippen LogP contribution in [0.25, 0.3) is 0 Å². The molecule has 7 N–H and O–H groups in total. The molecule has 22 heavy (non-hydrogen) atoms. The molecule has 1 heterocycles. The van der Waals surface area contributed by atoms with E-state index in [2.05, 4.69) is 0 Å². The highest BCUT2D eigenvalue weighted by molar-refractivity contribution is 5.84.